The number of hydrogen-bond donors (Lipinski definition) is 0. The molecule has 1 aromatic rings. The standard InChI is InChI=1S/C14H15Cl3N2O/c15-11-3-1-2-4-12(11)18-5-7-19(8-6-18)13(20)10-9-14(10,16)17/h1-4,10H,5-9H2. The summed E-state index contributed by atoms with van der Waals surface area (Å²) in [5.74, 6) is -0.147. The van der Waals surface area contributed by atoms with Crippen LogP contribution >= 0.6 is 34.8 Å². The van der Waals surface area contributed by atoms with Crippen molar-refractivity contribution in [3.63, 3.8) is 0 Å². The first kappa shape index (κ1) is 14.3. The number of halogens is 3. The smallest absolute Gasteiger partial charge is 0.228 e. The van der Waals surface area contributed by atoms with Crippen LogP contribution in [0.15, 0.2) is 24.3 Å². The van der Waals surface area contributed by atoms with E-state index >= 15 is 0 Å². The molecule has 1 saturated carbocycles. The third-order valence-corrected chi connectivity index (χ3v) is 5.06. The molecule has 1 heterocycles. The van der Waals surface area contributed by atoms with Crippen molar-refractivity contribution in [1.29, 1.82) is 0 Å². The summed E-state index contributed by atoms with van der Waals surface area (Å²) in [6, 6.07) is 7.77. The molecular formula is C14H15Cl3N2O. The van der Waals surface area contributed by atoms with Gasteiger partial charge in [0.1, 0.15) is 4.33 Å². The number of benzene rings is 1. The Morgan fingerprint density at radius 1 is 1.15 bits per heavy atom. The maximum Gasteiger partial charge on any atom is 0.228 e. The third-order valence-electron chi connectivity index (χ3n) is 3.91. The van der Waals surface area contributed by atoms with E-state index in [1.54, 1.807) is 0 Å². The monoisotopic (exact) mass is 332 g/mol. The van der Waals surface area contributed by atoms with E-state index in [-0.39, 0.29) is 11.8 Å². The summed E-state index contributed by atoms with van der Waals surface area (Å²) in [5, 5.41) is 0.745. The molecule has 0 spiro atoms. The number of alkyl halides is 2. The number of nitrogens with zero attached hydrogens (tertiary/aromatic N) is 2. The van der Waals surface area contributed by atoms with E-state index in [1.807, 2.05) is 29.2 Å². The van der Waals surface area contributed by atoms with Gasteiger partial charge in [-0.2, -0.15) is 0 Å². The second-order valence-electron chi connectivity index (χ2n) is 5.28. The lowest BCUT2D eigenvalue weighted by Gasteiger charge is -2.36. The van der Waals surface area contributed by atoms with Crippen LogP contribution in [0.5, 0.6) is 0 Å². The van der Waals surface area contributed by atoms with Gasteiger partial charge in [0.2, 0.25) is 5.91 Å². The minimum atomic E-state index is -0.836. The molecule has 1 saturated heterocycles. The summed E-state index contributed by atoms with van der Waals surface area (Å²) < 4.78 is -0.836. The molecule has 3 rings (SSSR count). The molecule has 0 radical (unpaired) electrons. The van der Waals surface area contributed by atoms with Crippen molar-refractivity contribution in [2.24, 2.45) is 5.92 Å². The molecular weight excluding hydrogens is 319 g/mol. The molecule has 1 amide bonds. The highest BCUT2D eigenvalue weighted by Crippen LogP contribution is 2.53. The van der Waals surface area contributed by atoms with Gasteiger partial charge in [-0.15, -0.1) is 23.2 Å². The summed E-state index contributed by atoms with van der Waals surface area (Å²) in [4.78, 5) is 16.3. The maximum atomic E-state index is 12.2. The van der Waals surface area contributed by atoms with Gasteiger partial charge in [-0.05, 0) is 18.6 Å². The zero-order valence-electron chi connectivity index (χ0n) is 10.9. The van der Waals surface area contributed by atoms with E-state index in [2.05, 4.69) is 4.90 Å². The fourth-order valence-electron chi connectivity index (χ4n) is 2.58. The molecule has 6 heteroatoms. The Labute approximate surface area is 133 Å². The molecule has 0 bridgehead atoms. The highest BCUT2D eigenvalue weighted by Gasteiger charge is 2.57. The molecule has 1 atom stereocenters. The highest BCUT2D eigenvalue weighted by molar-refractivity contribution is 6.52. The van der Waals surface area contributed by atoms with E-state index in [1.165, 1.54) is 0 Å². The molecule has 2 aliphatic rings. The largest absolute Gasteiger partial charge is 0.367 e. The van der Waals surface area contributed by atoms with Gasteiger partial charge in [0.15, 0.2) is 0 Å². The number of carbonyl (C=O) groups is 1. The van der Waals surface area contributed by atoms with Crippen LogP contribution in [0, 0.1) is 5.92 Å². The lowest BCUT2D eigenvalue weighted by atomic mass is 10.2. The Morgan fingerprint density at radius 2 is 1.75 bits per heavy atom. The van der Waals surface area contributed by atoms with E-state index in [0.29, 0.717) is 19.5 Å². The Hall–Kier alpha value is -0.640. The number of anilines is 1. The van der Waals surface area contributed by atoms with Crippen molar-refractivity contribution in [3.8, 4) is 0 Å². The molecule has 0 aromatic heterocycles. The van der Waals surface area contributed by atoms with Gasteiger partial charge in [0, 0.05) is 26.2 Å². The first-order valence-corrected chi connectivity index (χ1v) is 7.78. The summed E-state index contributed by atoms with van der Waals surface area (Å²) in [7, 11) is 0. The summed E-state index contributed by atoms with van der Waals surface area (Å²) in [6.45, 7) is 2.92. The fourth-order valence-corrected chi connectivity index (χ4v) is 3.33. The zero-order valence-corrected chi connectivity index (χ0v) is 13.1. The topological polar surface area (TPSA) is 23.6 Å². The molecule has 1 aliphatic heterocycles. The van der Waals surface area contributed by atoms with Crippen molar-refractivity contribution in [2.75, 3.05) is 31.1 Å². The molecule has 0 N–H and O–H groups in total. The molecule has 108 valence electrons. The average Bonchev–Trinajstić information content (AvgIpc) is 3.08. The number of hydrogen-bond acceptors (Lipinski definition) is 2. The lowest BCUT2D eigenvalue weighted by molar-refractivity contribution is -0.132. The maximum absolute atomic E-state index is 12.2. The van der Waals surface area contributed by atoms with Gasteiger partial charge in [-0.1, -0.05) is 23.7 Å². The SMILES string of the molecule is O=C(C1CC1(Cl)Cl)N1CCN(c2ccccc2Cl)CC1. The number of para-hydroxylation sites is 1. The highest BCUT2D eigenvalue weighted by atomic mass is 35.5. The van der Waals surface area contributed by atoms with Crippen LogP contribution in [-0.4, -0.2) is 41.3 Å². The van der Waals surface area contributed by atoms with E-state index in [9.17, 15) is 4.79 Å². The number of rotatable bonds is 2. The molecule has 1 aromatic carbocycles. The predicted molar refractivity (Wildman–Crippen MR) is 82.8 cm³/mol. The Bertz CT molecular complexity index is 527. The van der Waals surface area contributed by atoms with Gasteiger partial charge in [0.25, 0.3) is 0 Å². The first-order chi connectivity index (χ1) is 9.49. The number of amides is 1. The number of piperazine rings is 1. The van der Waals surface area contributed by atoms with Crippen LogP contribution in [-0.2, 0) is 4.79 Å². The average molecular weight is 334 g/mol. The van der Waals surface area contributed by atoms with E-state index < -0.39 is 4.33 Å². The molecule has 1 unspecified atom stereocenters. The second-order valence-corrected chi connectivity index (χ2v) is 7.23. The van der Waals surface area contributed by atoms with Crippen molar-refractivity contribution < 1.29 is 4.79 Å². The number of carbonyl (C=O) groups excluding carboxylic acids is 1. The van der Waals surface area contributed by atoms with Gasteiger partial charge in [-0.25, -0.2) is 0 Å². The van der Waals surface area contributed by atoms with Crippen LogP contribution in [0.25, 0.3) is 0 Å². The van der Waals surface area contributed by atoms with Gasteiger partial charge in [0.05, 0.1) is 16.6 Å². The lowest BCUT2D eigenvalue weighted by Crippen LogP contribution is -2.49. The predicted octanol–water partition coefficient (Wildman–Crippen LogP) is 3.18. The van der Waals surface area contributed by atoms with Crippen molar-refractivity contribution in [1.82, 2.24) is 4.90 Å². The van der Waals surface area contributed by atoms with Crippen LogP contribution < -0.4 is 4.90 Å². The Morgan fingerprint density at radius 3 is 2.30 bits per heavy atom. The quantitative estimate of drug-likeness (QED) is 0.776. The fraction of sp³-hybridized carbons (Fsp3) is 0.500. The minimum Gasteiger partial charge on any atom is -0.367 e. The summed E-state index contributed by atoms with van der Waals surface area (Å²) in [6.07, 6.45) is 0.569. The summed E-state index contributed by atoms with van der Waals surface area (Å²) >= 11 is 18.1. The van der Waals surface area contributed by atoms with Crippen molar-refractivity contribution in [2.45, 2.75) is 10.8 Å². The van der Waals surface area contributed by atoms with Crippen LogP contribution in [0.4, 0.5) is 5.69 Å². The molecule has 3 nitrogen and oxygen atoms in total. The molecule has 20 heavy (non-hydrogen) atoms. The molecule has 2 fully saturated rings. The molecule has 1 aliphatic carbocycles. The van der Waals surface area contributed by atoms with E-state index in [0.717, 1.165) is 23.8 Å². The van der Waals surface area contributed by atoms with Crippen LogP contribution in [0.2, 0.25) is 5.02 Å². The van der Waals surface area contributed by atoms with Gasteiger partial charge >= 0.3 is 0 Å². The third kappa shape index (κ3) is 2.72. The minimum absolute atomic E-state index is 0.0776. The van der Waals surface area contributed by atoms with Crippen molar-refractivity contribution >= 4 is 46.4 Å². The Kier molecular flexibility index (Phi) is 3.78. The second kappa shape index (κ2) is 5.28. The van der Waals surface area contributed by atoms with E-state index in [4.69, 9.17) is 34.8 Å². The van der Waals surface area contributed by atoms with Gasteiger partial charge in [-0.3, -0.25) is 4.79 Å². The first-order valence-electron chi connectivity index (χ1n) is 6.65. The van der Waals surface area contributed by atoms with Crippen LogP contribution in [0.3, 0.4) is 0 Å². The summed E-state index contributed by atoms with van der Waals surface area (Å²) in [5.41, 5.74) is 1.02. The normalized spacial score (nSPS) is 24.6. The Balaban J connectivity index is 1.60. The van der Waals surface area contributed by atoms with Gasteiger partial charge < -0.3 is 9.80 Å². The van der Waals surface area contributed by atoms with Crippen molar-refractivity contribution in [3.05, 3.63) is 29.3 Å². The van der Waals surface area contributed by atoms with Crippen LogP contribution in [0.1, 0.15) is 6.42 Å². The zero-order chi connectivity index (χ0) is 14.3.